The van der Waals surface area contributed by atoms with E-state index in [9.17, 15) is 15.0 Å². The summed E-state index contributed by atoms with van der Waals surface area (Å²) >= 11 is 0. The highest BCUT2D eigenvalue weighted by Gasteiger charge is 2.27. The minimum atomic E-state index is -0.954. The van der Waals surface area contributed by atoms with Gasteiger partial charge in [-0.3, -0.25) is 4.79 Å². The van der Waals surface area contributed by atoms with Gasteiger partial charge in [0.25, 0.3) is 5.56 Å². The summed E-state index contributed by atoms with van der Waals surface area (Å²) in [5, 5.41) is 21.7. The van der Waals surface area contributed by atoms with Crippen LogP contribution in [-0.4, -0.2) is 33.3 Å². The summed E-state index contributed by atoms with van der Waals surface area (Å²) in [6, 6.07) is 8.11. The second-order valence-electron chi connectivity index (χ2n) is 9.08. The number of hydrogen-bond donors (Lipinski definition) is 2. The number of aromatic nitrogens is 1. The van der Waals surface area contributed by atoms with Crippen LogP contribution in [0.25, 0.3) is 16.8 Å². The van der Waals surface area contributed by atoms with Crippen LogP contribution >= 0.6 is 0 Å². The zero-order valence-corrected chi connectivity index (χ0v) is 18.0. The first-order valence-electron chi connectivity index (χ1n) is 11.3. The molecule has 162 valence electrons. The SMILES string of the molecule is CC(C)c1c(C=C[C@@H]2C[C@@H](O)CC(O)O2)n(C2CCCCC2)c(=O)c2ccccc12. The Morgan fingerprint density at radius 3 is 2.43 bits per heavy atom. The van der Waals surface area contributed by atoms with Crippen LogP contribution in [-0.2, 0) is 4.74 Å². The molecule has 1 unspecified atom stereocenters. The molecule has 0 radical (unpaired) electrons. The summed E-state index contributed by atoms with van der Waals surface area (Å²) < 4.78 is 7.62. The van der Waals surface area contributed by atoms with Gasteiger partial charge >= 0.3 is 0 Å². The van der Waals surface area contributed by atoms with Crippen molar-refractivity contribution in [2.75, 3.05) is 0 Å². The summed E-state index contributed by atoms with van der Waals surface area (Å²) in [5.41, 5.74) is 2.19. The molecule has 2 aromatic rings. The van der Waals surface area contributed by atoms with E-state index in [1.54, 1.807) is 0 Å². The Kier molecular flexibility index (Phi) is 6.42. The summed E-state index contributed by atoms with van der Waals surface area (Å²) in [6.07, 6.45) is 8.25. The van der Waals surface area contributed by atoms with Gasteiger partial charge in [-0.25, -0.2) is 0 Å². The maximum Gasteiger partial charge on any atom is 0.259 e. The van der Waals surface area contributed by atoms with Crippen molar-refractivity contribution in [3.8, 4) is 0 Å². The summed E-state index contributed by atoms with van der Waals surface area (Å²) in [7, 11) is 0. The van der Waals surface area contributed by atoms with E-state index in [0.29, 0.717) is 6.42 Å². The van der Waals surface area contributed by atoms with Gasteiger partial charge in [-0.1, -0.05) is 57.4 Å². The molecule has 2 aliphatic rings. The monoisotopic (exact) mass is 411 g/mol. The van der Waals surface area contributed by atoms with E-state index in [4.69, 9.17) is 4.74 Å². The van der Waals surface area contributed by atoms with Crippen LogP contribution in [0.15, 0.2) is 35.1 Å². The zero-order valence-electron chi connectivity index (χ0n) is 18.0. The molecule has 2 N–H and O–H groups in total. The molecule has 1 saturated heterocycles. The van der Waals surface area contributed by atoms with Crippen LogP contribution in [0.4, 0.5) is 0 Å². The molecule has 2 fully saturated rings. The minimum Gasteiger partial charge on any atom is -0.393 e. The lowest BCUT2D eigenvalue weighted by molar-refractivity contribution is -0.175. The van der Waals surface area contributed by atoms with Crippen LogP contribution in [0.2, 0.25) is 0 Å². The Labute approximate surface area is 178 Å². The van der Waals surface area contributed by atoms with Crippen molar-refractivity contribution in [1.29, 1.82) is 0 Å². The maximum atomic E-state index is 13.6. The molecular formula is C25H33NO4. The number of fused-ring (bicyclic) bond motifs is 1. The Morgan fingerprint density at radius 1 is 1.07 bits per heavy atom. The highest BCUT2D eigenvalue weighted by atomic mass is 16.6. The van der Waals surface area contributed by atoms with Crippen molar-refractivity contribution in [2.45, 2.75) is 89.3 Å². The van der Waals surface area contributed by atoms with E-state index in [0.717, 1.165) is 42.1 Å². The molecule has 30 heavy (non-hydrogen) atoms. The van der Waals surface area contributed by atoms with Crippen molar-refractivity contribution in [3.63, 3.8) is 0 Å². The van der Waals surface area contributed by atoms with Gasteiger partial charge in [0.2, 0.25) is 0 Å². The van der Waals surface area contributed by atoms with Crippen molar-refractivity contribution >= 4 is 16.8 Å². The molecule has 1 saturated carbocycles. The molecule has 3 atom stereocenters. The number of benzene rings is 1. The Hall–Kier alpha value is -1.95. The quantitative estimate of drug-likeness (QED) is 0.777. The zero-order chi connectivity index (χ0) is 21.3. The van der Waals surface area contributed by atoms with E-state index in [1.165, 1.54) is 12.0 Å². The van der Waals surface area contributed by atoms with Crippen LogP contribution in [0, 0.1) is 0 Å². The molecule has 1 aromatic carbocycles. The van der Waals surface area contributed by atoms with Crippen molar-refractivity contribution in [1.82, 2.24) is 4.57 Å². The first kappa shape index (κ1) is 21.3. The van der Waals surface area contributed by atoms with Gasteiger partial charge in [-0.15, -0.1) is 0 Å². The van der Waals surface area contributed by atoms with Crippen molar-refractivity contribution < 1.29 is 14.9 Å². The number of rotatable bonds is 4. The smallest absolute Gasteiger partial charge is 0.259 e. The van der Waals surface area contributed by atoms with E-state index in [1.807, 2.05) is 41.0 Å². The standard InChI is InChI=1S/C25H33NO4/c1-16(2)24-20-10-6-7-11-21(20)25(29)26(17-8-4-3-5-9-17)22(24)13-12-19-14-18(27)15-23(28)30-19/h6-7,10-13,16-19,23,27-28H,3-5,8-9,14-15H2,1-2H3/t18-,19-,23?/m1/s1. The second kappa shape index (κ2) is 9.04. The number of hydrogen-bond acceptors (Lipinski definition) is 4. The molecule has 2 heterocycles. The molecular weight excluding hydrogens is 378 g/mol. The predicted molar refractivity (Wildman–Crippen MR) is 120 cm³/mol. The highest BCUT2D eigenvalue weighted by molar-refractivity contribution is 5.88. The molecule has 0 spiro atoms. The van der Waals surface area contributed by atoms with E-state index >= 15 is 0 Å². The third-order valence-corrected chi connectivity index (χ3v) is 6.50. The average Bonchev–Trinajstić information content (AvgIpc) is 2.72. The van der Waals surface area contributed by atoms with Crippen molar-refractivity contribution in [3.05, 3.63) is 52.0 Å². The molecule has 0 amide bonds. The molecule has 5 nitrogen and oxygen atoms in total. The lowest BCUT2D eigenvalue weighted by Crippen LogP contribution is -2.34. The van der Waals surface area contributed by atoms with E-state index in [-0.39, 0.29) is 30.0 Å². The molecule has 1 aromatic heterocycles. The molecule has 1 aliphatic carbocycles. The van der Waals surface area contributed by atoms with Crippen LogP contribution in [0.5, 0.6) is 0 Å². The summed E-state index contributed by atoms with van der Waals surface area (Å²) in [6.45, 7) is 4.33. The fourth-order valence-electron chi connectivity index (χ4n) is 5.12. The van der Waals surface area contributed by atoms with Crippen molar-refractivity contribution in [2.24, 2.45) is 0 Å². The van der Waals surface area contributed by atoms with E-state index < -0.39 is 12.4 Å². The summed E-state index contributed by atoms with van der Waals surface area (Å²) in [4.78, 5) is 13.6. The van der Waals surface area contributed by atoms with Gasteiger partial charge in [0.1, 0.15) is 0 Å². The predicted octanol–water partition coefficient (Wildman–Crippen LogP) is 4.50. The van der Waals surface area contributed by atoms with E-state index in [2.05, 4.69) is 13.8 Å². The largest absolute Gasteiger partial charge is 0.393 e. The Bertz CT molecular complexity index is 961. The topological polar surface area (TPSA) is 71.7 Å². The second-order valence-corrected chi connectivity index (χ2v) is 9.08. The highest BCUT2D eigenvalue weighted by Crippen LogP contribution is 2.34. The third kappa shape index (κ3) is 4.25. The lowest BCUT2D eigenvalue weighted by atomic mass is 9.90. The number of ether oxygens (including phenoxy) is 1. The number of nitrogens with zero attached hydrogens (tertiary/aromatic N) is 1. The number of aliphatic hydroxyl groups excluding tert-OH is 2. The normalized spacial score (nSPS) is 26.1. The number of aliphatic hydroxyl groups is 2. The molecule has 5 heteroatoms. The number of pyridine rings is 1. The lowest BCUT2D eigenvalue weighted by Gasteiger charge is -2.30. The van der Waals surface area contributed by atoms with Gasteiger partial charge in [-0.05, 0) is 41.9 Å². The summed E-state index contributed by atoms with van der Waals surface area (Å²) in [5.74, 6) is 0.244. The Balaban J connectivity index is 1.87. The first-order valence-corrected chi connectivity index (χ1v) is 11.3. The fraction of sp³-hybridized carbons (Fsp3) is 0.560. The average molecular weight is 412 g/mol. The van der Waals surface area contributed by atoms with Crippen LogP contribution < -0.4 is 5.56 Å². The fourth-order valence-corrected chi connectivity index (χ4v) is 5.12. The van der Waals surface area contributed by atoms with Gasteiger partial charge in [-0.2, -0.15) is 0 Å². The van der Waals surface area contributed by atoms with Crippen LogP contribution in [0.1, 0.15) is 82.0 Å². The van der Waals surface area contributed by atoms with Gasteiger partial charge in [0.05, 0.1) is 12.2 Å². The van der Waals surface area contributed by atoms with Gasteiger partial charge in [0, 0.05) is 30.0 Å². The van der Waals surface area contributed by atoms with Gasteiger partial charge < -0.3 is 19.5 Å². The van der Waals surface area contributed by atoms with Crippen LogP contribution in [0.3, 0.4) is 0 Å². The first-order chi connectivity index (χ1) is 14.5. The Morgan fingerprint density at radius 2 is 1.77 bits per heavy atom. The molecule has 0 bridgehead atoms. The maximum absolute atomic E-state index is 13.6. The molecule has 4 rings (SSSR count). The molecule has 1 aliphatic heterocycles. The minimum absolute atomic E-state index is 0.0752. The third-order valence-electron chi connectivity index (χ3n) is 6.50. The van der Waals surface area contributed by atoms with Gasteiger partial charge in [0.15, 0.2) is 6.29 Å².